The number of anilines is 2. The van der Waals surface area contributed by atoms with Gasteiger partial charge in [-0.15, -0.1) is 0 Å². The molecule has 0 aliphatic carbocycles. The molecule has 4 aromatic carbocycles. The zero-order chi connectivity index (χ0) is 30.1. The number of piperidine rings is 1. The van der Waals surface area contributed by atoms with Gasteiger partial charge in [-0.1, -0.05) is 60.1 Å². The van der Waals surface area contributed by atoms with Crippen molar-refractivity contribution in [3.63, 3.8) is 0 Å². The Morgan fingerprint density at radius 1 is 0.860 bits per heavy atom. The lowest BCUT2D eigenvalue weighted by Crippen LogP contribution is -2.38. The third-order valence-electron chi connectivity index (χ3n) is 7.46. The second-order valence-corrected chi connectivity index (χ2v) is 10.9. The SMILES string of the molecule is O=C1[C@@H]2CCCCN2C(=S)N1c1cc(Oc2ccccc2N(C(=O)c2ccccc2)C(=O)c2ccccc2)c(Cl)cc1F. The van der Waals surface area contributed by atoms with Crippen LogP contribution in [0.25, 0.3) is 0 Å². The van der Waals surface area contributed by atoms with Crippen LogP contribution in [0.1, 0.15) is 40.0 Å². The van der Waals surface area contributed by atoms with Crippen LogP contribution in [0.4, 0.5) is 15.8 Å². The van der Waals surface area contributed by atoms with Gasteiger partial charge in [0.25, 0.3) is 17.7 Å². The molecule has 1 atom stereocenters. The summed E-state index contributed by atoms with van der Waals surface area (Å²) in [5.41, 5.74) is 0.651. The molecule has 0 saturated carbocycles. The molecule has 7 nitrogen and oxygen atoms in total. The van der Waals surface area contributed by atoms with Crippen molar-refractivity contribution in [2.24, 2.45) is 0 Å². The van der Waals surface area contributed by atoms with Crippen molar-refractivity contribution in [3.05, 3.63) is 119 Å². The van der Waals surface area contributed by atoms with E-state index < -0.39 is 23.7 Å². The number of benzene rings is 4. The minimum absolute atomic E-state index is 0.0188. The monoisotopic (exact) mass is 613 g/mol. The van der Waals surface area contributed by atoms with E-state index in [9.17, 15) is 14.4 Å². The third-order valence-corrected chi connectivity index (χ3v) is 8.17. The van der Waals surface area contributed by atoms with E-state index in [0.717, 1.165) is 23.8 Å². The maximum Gasteiger partial charge on any atom is 0.265 e. The molecule has 0 bridgehead atoms. The molecular weight excluding hydrogens is 589 g/mol. The summed E-state index contributed by atoms with van der Waals surface area (Å²) < 4.78 is 21.5. The minimum atomic E-state index is -0.735. The Labute approximate surface area is 258 Å². The van der Waals surface area contributed by atoms with Crippen LogP contribution in [0.5, 0.6) is 11.5 Å². The summed E-state index contributed by atoms with van der Waals surface area (Å²) in [6.45, 7) is 0.623. The number of ether oxygens (including phenoxy) is 1. The number of nitrogens with zero attached hydrogens (tertiary/aromatic N) is 3. The highest BCUT2D eigenvalue weighted by molar-refractivity contribution is 7.80. The van der Waals surface area contributed by atoms with E-state index in [2.05, 4.69) is 0 Å². The van der Waals surface area contributed by atoms with E-state index in [1.165, 1.54) is 11.0 Å². The molecule has 2 aliphatic heterocycles. The summed E-state index contributed by atoms with van der Waals surface area (Å²) >= 11 is 12.0. The van der Waals surface area contributed by atoms with E-state index in [4.69, 9.17) is 28.6 Å². The van der Waals surface area contributed by atoms with Gasteiger partial charge in [0, 0.05) is 23.7 Å². The molecule has 0 unspecified atom stereocenters. The van der Waals surface area contributed by atoms with Crippen molar-refractivity contribution in [3.8, 4) is 11.5 Å². The number of thiocarbonyl (C=S) groups is 1. The van der Waals surface area contributed by atoms with Crippen molar-refractivity contribution >= 4 is 58.0 Å². The van der Waals surface area contributed by atoms with Crippen LogP contribution in [-0.2, 0) is 4.79 Å². The number of para-hydroxylation sites is 2. The fourth-order valence-electron chi connectivity index (χ4n) is 5.36. The second kappa shape index (κ2) is 11.9. The lowest BCUT2D eigenvalue weighted by molar-refractivity contribution is -0.120. The predicted octanol–water partition coefficient (Wildman–Crippen LogP) is 7.24. The molecular formula is C33H25ClFN3O4S. The second-order valence-electron chi connectivity index (χ2n) is 10.1. The summed E-state index contributed by atoms with van der Waals surface area (Å²) in [5.74, 6) is -2.04. The van der Waals surface area contributed by atoms with Gasteiger partial charge in [0.15, 0.2) is 10.9 Å². The summed E-state index contributed by atoms with van der Waals surface area (Å²) in [6, 6.07) is 25.3. The number of carbonyl (C=O) groups excluding carboxylic acids is 3. The molecule has 2 heterocycles. The number of amides is 3. The Hall–Kier alpha value is -4.60. The van der Waals surface area contributed by atoms with Gasteiger partial charge < -0.3 is 9.64 Å². The van der Waals surface area contributed by atoms with Gasteiger partial charge in [0.2, 0.25) is 0 Å². The van der Waals surface area contributed by atoms with Crippen LogP contribution >= 0.6 is 23.8 Å². The van der Waals surface area contributed by atoms with Gasteiger partial charge in [0.05, 0.1) is 16.4 Å². The summed E-state index contributed by atoms with van der Waals surface area (Å²) in [4.78, 5) is 45.0. The number of imide groups is 1. The molecule has 2 fully saturated rings. The van der Waals surface area contributed by atoms with E-state index in [0.29, 0.717) is 24.1 Å². The maximum absolute atomic E-state index is 15.3. The first-order chi connectivity index (χ1) is 20.8. The number of hydrogen-bond acceptors (Lipinski definition) is 5. The molecule has 4 aromatic rings. The number of halogens is 2. The average molecular weight is 614 g/mol. The summed E-state index contributed by atoms with van der Waals surface area (Å²) in [5, 5.41) is 0.164. The molecule has 43 heavy (non-hydrogen) atoms. The molecule has 0 radical (unpaired) electrons. The van der Waals surface area contributed by atoms with Crippen molar-refractivity contribution in [1.82, 2.24) is 4.90 Å². The predicted molar refractivity (Wildman–Crippen MR) is 166 cm³/mol. The lowest BCUT2D eigenvalue weighted by Gasteiger charge is -2.28. The first-order valence-electron chi connectivity index (χ1n) is 13.7. The third kappa shape index (κ3) is 5.37. The maximum atomic E-state index is 15.3. The highest BCUT2D eigenvalue weighted by Crippen LogP contribution is 2.41. The smallest absolute Gasteiger partial charge is 0.265 e. The van der Waals surface area contributed by atoms with Crippen molar-refractivity contribution < 1.29 is 23.5 Å². The zero-order valence-electron chi connectivity index (χ0n) is 22.8. The molecule has 2 aliphatic rings. The Kier molecular flexibility index (Phi) is 7.92. The largest absolute Gasteiger partial charge is 0.454 e. The number of fused-ring (bicyclic) bond motifs is 1. The van der Waals surface area contributed by atoms with Gasteiger partial charge in [-0.05, 0) is 73.9 Å². The highest BCUT2D eigenvalue weighted by Gasteiger charge is 2.45. The first kappa shape index (κ1) is 28.5. The van der Waals surface area contributed by atoms with Crippen LogP contribution in [0.3, 0.4) is 0 Å². The van der Waals surface area contributed by atoms with Crippen LogP contribution < -0.4 is 14.5 Å². The molecule has 216 valence electrons. The Bertz CT molecular complexity index is 1660. The van der Waals surface area contributed by atoms with Gasteiger partial charge in [-0.25, -0.2) is 9.29 Å². The summed E-state index contributed by atoms with van der Waals surface area (Å²) in [6.07, 6.45) is 2.42. The van der Waals surface area contributed by atoms with Crippen LogP contribution in [0.15, 0.2) is 97.1 Å². The summed E-state index contributed by atoms with van der Waals surface area (Å²) in [7, 11) is 0. The minimum Gasteiger partial charge on any atom is -0.454 e. The van der Waals surface area contributed by atoms with Crippen molar-refractivity contribution in [1.29, 1.82) is 0 Å². The molecule has 0 spiro atoms. The normalized spacial score (nSPS) is 16.2. The van der Waals surface area contributed by atoms with Gasteiger partial charge in [-0.3, -0.25) is 19.3 Å². The lowest BCUT2D eigenvalue weighted by atomic mass is 10.0. The van der Waals surface area contributed by atoms with Gasteiger partial charge in [0.1, 0.15) is 17.6 Å². The zero-order valence-corrected chi connectivity index (χ0v) is 24.4. The van der Waals surface area contributed by atoms with E-state index >= 15 is 4.39 Å². The number of hydrogen-bond donors (Lipinski definition) is 0. The van der Waals surface area contributed by atoms with Crippen LogP contribution in [-0.4, -0.2) is 40.3 Å². The molecule has 6 rings (SSSR count). The van der Waals surface area contributed by atoms with Gasteiger partial charge in [-0.2, -0.15) is 0 Å². The van der Waals surface area contributed by atoms with Crippen molar-refractivity contribution in [2.75, 3.05) is 16.3 Å². The molecule has 3 amide bonds. The van der Waals surface area contributed by atoms with Crippen molar-refractivity contribution in [2.45, 2.75) is 25.3 Å². The molecule has 10 heteroatoms. The molecule has 2 saturated heterocycles. The quantitative estimate of drug-likeness (QED) is 0.169. The number of carbonyl (C=O) groups is 3. The Morgan fingerprint density at radius 2 is 1.47 bits per heavy atom. The van der Waals surface area contributed by atoms with Crippen LogP contribution in [0.2, 0.25) is 5.02 Å². The van der Waals surface area contributed by atoms with E-state index in [1.54, 1.807) is 84.9 Å². The van der Waals surface area contributed by atoms with Gasteiger partial charge >= 0.3 is 0 Å². The standard InChI is InChI=1S/C33H25ClFN3O4S/c34-23-19-24(35)27(38-32(41)26-16-9-10-18-36(26)33(38)43)20-29(23)42-28-17-8-7-15-25(28)37(30(39)21-11-3-1-4-12-21)31(40)22-13-5-2-6-14-22/h1-8,11-15,17,19-20,26H,9-10,16,18H2/t26-/m0/s1. The Morgan fingerprint density at radius 3 is 2.09 bits per heavy atom. The average Bonchev–Trinajstić information content (AvgIpc) is 3.29. The number of rotatable bonds is 6. The first-order valence-corrected chi connectivity index (χ1v) is 14.5. The highest BCUT2D eigenvalue weighted by atomic mass is 35.5. The van der Waals surface area contributed by atoms with Crippen LogP contribution in [0, 0.1) is 5.82 Å². The van der Waals surface area contributed by atoms with E-state index in [-0.39, 0.29) is 38.9 Å². The topological polar surface area (TPSA) is 70.2 Å². The molecule has 0 N–H and O–H groups in total. The fourth-order valence-corrected chi connectivity index (χ4v) is 5.95. The fraction of sp³-hybridized carbons (Fsp3) is 0.152. The Balaban J connectivity index is 1.40. The molecule has 0 aromatic heterocycles. The van der Waals surface area contributed by atoms with E-state index in [1.807, 2.05) is 4.90 Å².